The zero-order valence-electron chi connectivity index (χ0n) is 16.4. The largest absolute Gasteiger partial charge is 0.348 e. The van der Waals surface area contributed by atoms with E-state index in [2.05, 4.69) is 20.4 Å². The molecular weight excluding hydrogens is 369 g/mol. The summed E-state index contributed by atoms with van der Waals surface area (Å²) in [5.41, 5.74) is 4.37. The van der Waals surface area contributed by atoms with Gasteiger partial charge < -0.3 is 5.32 Å². The van der Waals surface area contributed by atoms with Gasteiger partial charge >= 0.3 is 0 Å². The molecule has 0 radical (unpaired) electrons. The van der Waals surface area contributed by atoms with Crippen molar-refractivity contribution in [3.05, 3.63) is 82.7 Å². The molecule has 0 saturated heterocycles. The predicted molar refractivity (Wildman–Crippen MR) is 108 cm³/mol. The Morgan fingerprint density at radius 1 is 1.10 bits per heavy atom. The number of nitrogens with zero attached hydrogens (tertiary/aromatic N) is 4. The second-order valence-corrected chi connectivity index (χ2v) is 7.00. The average molecular weight is 389 g/mol. The first kappa shape index (κ1) is 18.7. The first-order valence-corrected chi connectivity index (χ1v) is 9.24. The molecule has 1 N–H and O–H groups in total. The minimum Gasteiger partial charge on any atom is -0.348 e. The fraction of sp³-hybridized carbons (Fsp3) is 0.182. The van der Waals surface area contributed by atoms with E-state index in [4.69, 9.17) is 0 Å². The first-order valence-electron chi connectivity index (χ1n) is 9.24. The number of aromatic nitrogens is 4. The summed E-state index contributed by atoms with van der Waals surface area (Å²) in [7, 11) is 0. The maximum Gasteiger partial charge on any atom is 0.253 e. The van der Waals surface area contributed by atoms with Gasteiger partial charge in [-0.05, 0) is 56.7 Å². The lowest BCUT2D eigenvalue weighted by Crippen LogP contribution is -2.24. The summed E-state index contributed by atoms with van der Waals surface area (Å²) in [5.74, 6) is 0.148. The molecule has 3 aromatic heterocycles. The number of benzene rings is 1. The quantitative estimate of drug-likeness (QED) is 0.576. The van der Waals surface area contributed by atoms with Crippen LogP contribution in [0.1, 0.15) is 33.0 Å². The monoisotopic (exact) mass is 389 g/mol. The van der Waals surface area contributed by atoms with Crippen molar-refractivity contribution < 1.29 is 9.18 Å². The van der Waals surface area contributed by atoms with E-state index in [1.54, 1.807) is 29.9 Å². The number of carbonyl (C=O) groups excluding carboxylic acids is 1. The molecule has 0 fully saturated rings. The summed E-state index contributed by atoms with van der Waals surface area (Å²) in [6, 6.07) is 11.8. The van der Waals surface area contributed by atoms with Crippen molar-refractivity contribution in [2.24, 2.45) is 0 Å². The SMILES string of the molecule is Cc1cc(C)n(-c2ccc(CNC(=O)c3cc4ccc(F)cc4nc3C)cn2)n1. The standard InChI is InChI=1S/C22H20FN5O/c1-13-8-14(2)28(27-13)21-7-4-16(11-24-21)12-25-22(29)19-9-17-5-6-18(23)10-20(17)26-15(19)3/h4-11H,12H2,1-3H3,(H,25,29). The van der Waals surface area contributed by atoms with Gasteiger partial charge in [0.1, 0.15) is 5.82 Å². The molecule has 146 valence electrons. The van der Waals surface area contributed by atoms with Crippen molar-refractivity contribution in [3.63, 3.8) is 0 Å². The molecule has 0 aliphatic heterocycles. The van der Waals surface area contributed by atoms with Crippen molar-refractivity contribution in [1.82, 2.24) is 25.1 Å². The Morgan fingerprint density at radius 2 is 1.93 bits per heavy atom. The van der Waals surface area contributed by atoms with Crippen molar-refractivity contribution in [2.75, 3.05) is 0 Å². The molecule has 1 aromatic carbocycles. The van der Waals surface area contributed by atoms with Gasteiger partial charge in [-0.3, -0.25) is 9.78 Å². The number of hydrogen-bond donors (Lipinski definition) is 1. The van der Waals surface area contributed by atoms with Gasteiger partial charge in [0.25, 0.3) is 5.91 Å². The van der Waals surface area contributed by atoms with Gasteiger partial charge in [0.2, 0.25) is 0 Å². The third kappa shape index (κ3) is 3.85. The summed E-state index contributed by atoms with van der Waals surface area (Å²) in [4.78, 5) is 21.4. The first-order chi connectivity index (χ1) is 13.9. The number of nitrogens with one attached hydrogen (secondary N) is 1. The Bertz CT molecular complexity index is 1210. The molecule has 4 rings (SSSR count). The van der Waals surface area contributed by atoms with Gasteiger partial charge in [-0.1, -0.05) is 6.07 Å². The molecular formula is C22H20FN5O. The molecule has 4 aromatic rings. The molecule has 3 heterocycles. The molecule has 1 amide bonds. The third-order valence-corrected chi connectivity index (χ3v) is 4.70. The Morgan fingerprint density at radius 3 is 2.62 bits per heavy atom. The Kier molecular flexibility index (Phi) is 4.80. The number of rotatable bonds is 4. The lowest BCUT2D eigenvalue weighted by atomic mass is 10.1. The minimum atomic E-state index is -0.349. The summed E-state index contributed by atoms with van der Waals surface area (Å²) < 4.78 is 15.1. The number of pyridine rings is 2. The van der Waals surface area contributed by atoms with Crippen LogP contribution in [0.4, 0.5) is 4.39 Å². The van der Waals surface area contributed by atoms with E-state index < -0.39 is 0 Å². The maximum atomic E-state index is 13.4. The van der Waals surface area contributed by atoms with Crippen LogP contribution in [-0.2, 0) is 6.54 Å². The topological polar surface area (TPSA) is 72.7 Å². The molecule has 0 aliphatic carbocycles. The highest BCUT2D eigenvalue weighted by molar-refractivity contribution is 5.98. The highest BCUT2D eigenvalue weighted by atomic mass is 19.1. The summed E-state index contributed by atoms with van der Waals surface area (Å²) in [6.45, 7) is 5.99. The van der Waals surface area contributed by atoms with Crippen LogP contribution in [-0.4, -0.2) is 25.7 Å². The van der Waals surface area contributed by atoms with E-state index in [0.29, 0.717) is 23.3 Å². The van der Waals surface area contributed by atoms with Crippen LogP contribution in [0.5, 0.6) is 0 Å². The number of hydrogen-bond acceptors (Lipinski definition) is 4. The third-order valence-electron chi connectivity index (χ3n) is 4.70. The van der Waals surface area contributed by atoms with E-state index in [1.807, 2.05) is 32.0 Å². The van der Waals surface area contributed by atoms with E-state index in [-0.39, 0.29) is 11.7 Å². The zero-order valence-corrected chi connectivity index (χ0v) is 16.4. The van der Waals surface area contributed by atoms with Crippen LogP contribution in [0, 0.1) is 26.6 Å². The number of halogens is 1. The van der Waals surface area contributed by atoms with Gasteiger partial charge in [0.15, 0.2) is 5.82 Å². The van der Waals surface area contributed by atoms with Gasteiger partial charge in [0.05, 0.1) is 22.5 Å². The van der Waals surface area contributed by atoms with Crippen molar-refractivity contribution >= 4 is 16.8 Å². The van der Waals surface area contributed by atoms with E-state index >= 15 is 0 Å². The Hall–Kier alpha value is -3.61. The lowest BCUT2D eigenvalue weighted by molar-refractivity contribution is 0.0950. The Labute approximate surface area is 167 Å². The van der Waals surface area contributed by atoms with Crippen LogP contribution in [0.3, 0.4) is 0 Å². The molecule has 0 bridgehead atoms. The van der Waals surface area contributed by atoms with Crippen molar-refractivity contribution in [3.8, 4) is 5.82 Å². The second kappa shape index (κ2) is 7.43. The highest BCUT2D eigenvalue weighted by Crippen LogP contribution is 2.18. The molecule has 0 spiro atoms. The molecule has 0 saturated carbocycles. The molecule has 29 heavy (non-hydrogen) atoms. The zero-order chi connectivity index (χ0) is 20.5. The summed E-state index contributed by atoms with van der Waals surface area (Å²) in [6.07, 6.45) is 1.72. The summed E-state index contributed by atoms with van der Waals surface area (Å²) >= 11 is 0. The normalized spacial score (nSPS) is 11.0. The Balaban J connectivity index is 1.48. The smallest absolute Gasteiger partial charge is 0.253 e. The van der Waals surface area contributed by atoms with Crippen LogP contribution in [0.2, 0.25) is 0 Å². The van der Waals surface area contributed by atoms with Gasteiger partial charge in [-0.2, -0.15) is 5.10 Å². The summed E-state index contributed by atoms with van der Waals surface area (Å²) in [5, 5.41) is 8.03. The van der Waals surface area contributed by atoms with Crippen LogP contribution < -0.4 is 5.32 Å². The van der Waals surface area contributed by atoms with Gasteiger partial charge in [-0.15, -0.1) is 0 Å². The molecule has 6 nitrogen and oxygen atoms in total. The lowest BCUT2D eigenvalue weighted by Gasteiger charge is -2.10. The van der Waals surface area contributed by atoms with Crippen molar-refractivity contribution in [2.45, 2.75) is 27.3 Å². The number of fused-ring (bicyclic) bond motifs is 1. The predicted octanol–water partition coefficient (Wildman–Crippen LogP) is 3.81. The van der Waals surface area contributed by atoms with Gasteiger partial charge in [0, 0.05) is 29.9 Å². The van der Waals surface area contributed by atoms with Crippen LogP contribution >= 0.6 is 0 Å². The number of aryl methyl sites for hydroxylation is 3. The molecule has 0 atom stereocenters. The highest BCUT2D eigenvalue weighted by Gasteiger charge is 2.12. The molecule has 0 aliphatic rings. The fourth-order valence-corrected chi connectivity index (χ4v) is 3.25. The molecule has 7 heteroatoms. The van der Waals surface area contributed by atoms with E-state index in [1.165, 1.54) is 12.1 Å². The van der Waals surface area contributed by atoms with Crippen LogP contribution in [0.25, 0.3) is 16.7 Å². The van der Waals surface area contributed by atoms with Crippen molar-refractivity contribution in [1.29, 1.82) is 0 Å². The second-order valence-electron chi connectivity index (χ2n) is 7.00. The maximum absolute atomic E-state index is 13.4. The van der Waals surface area contributed by atoms with E-state index in [9.17, 15) is 9.18 Å². The average Bonchev–Trinajstić information content (AvgIpc) is 3.04. The number of amides is 1. The van der Waals surface area contributed by atoms with E-state index in [0.717, 1.165) is 28.2 Å². The van der Waals surface area contributed by atoms with Crippen LogP contribution in [0.15, 0.2) is 48.7 Å². The number of carbonyl (C=O) groups is 1. The molecule has 0 unspecified atom stereocenters. The fourth-order valence-electron chi connectivity index (χ4n) is 3.25. The van der Waals surface area contributed by atoms with Gasteiger partial charge in [-0.25, -0.2) is 14.1 Å². The minimum absolute atomic E-state index is 0.233.